The Kier molecular flexibility index (Phi) is 8.95. The fourth-order valence-electron chi connectivity index (χ4n) is 2.97. The molecule has 0 spiro atoms. The van der Waals surface area contributed by atoms with E-state index in [0.29, 0.717) is 0 Å². The number of halogens is 2. The number of rotatable bonds is 7. The predicted molar refractivity (Wildman–Crippen MR) is 119 cm³/mol. The average molecular weight is 395 g/mol. The number of likely N-dealkylation sites (N-methyl/N-ethyl adjacent to an activating group) is 1. The normalized spacial score (nSPS) is 11.3. The predicted octanol–water partition coefficient (Wildman–Crippen LogP) is 6.54. The standard InChI is InChI=1S/C22H31ClN2.ClH/c1-6-24(7-2)15-16-25(21-10-8-9-19(23)17-21)20-13-11-18(12-14-20)22(3,4)5;/h8-14,17H,6-7,15-16H2,1-5H3;1H. The van der Waals surface area contributed by atoms with Gasteiger partial charge in [-0.3, -0.25) is 0 Å². The van der Waals surface area contributed by atoms with E-state index in [1.165, 1.54) is 11.3 Å². The number of hydrogen-bond acceptors (Lipinski definition) is 2. The van der Waals surface area contributed by atoms with E-state index < -0.39 is 0 Å². The van der Waals surface area contributed by atoms with Gasteiger partial charge in [-0.05, 0) is 54.4 Å². The van der Waals surface area contributed by atoms with Crippen LogP contribution in [0.5, 0.6) is 0 Å². The van der Waals surface area contributed by atoms with Gasteiger partial charge in [-0.2, -0.15) is 0 Å². The van der Waals surface area contributed by atoms with Crippen LogP contribution in [-0.2, 0) is 5.41 Å². The summed E-state index contributed by atoms with van der Waals surface area (Å²) in [6.07, 6.45) is 0. The first-order valence-electron chi connectivity index (χ1n) is 9.21. The molecular weight excluding hydrogens is 363 g/mol. The molecule has 26 heavy (non-hydrogen) atoms. The highest BCUT2D eigenvalue weighted by Gasteiger charge is 2.15. The minimum absolute atomic E-state index is 0. The van der Waals surface area contributed by atoms with E-state index in [-0.39, 0.29) is 17.8 Å². The van der Waals surface area contributed by atoms with Crippen molar-refractivity contribution in [2.75, 3.05) is 31.1 Å². The third kappa shape index (κ3) is 6.19. The summed E-state index contributed by atoms with van der Waals surface area (Å²) < 4.78 is 0. The first-order chi connectivity index (χ1) is 11.8. The summed E-state index contributed by atoms with van der Waals surface area (Å²) >= 11 is 6.24. The Hall–Kier alpha value is -1.22. The highest BCUT2D eigenvalue weighted by Crippen LogP contribution is 2.30. The molecule has 0 radical (unpaired) electrons. The van der Waals surface area contributed by atoms with Gasteiger partial charge in [0.15, 0.2) is 0 Å². The zero-order chi connectivity index (χ0) is 18.4. The van der Waals surface area contributed by atoms with Crippen molar-refractivity contribution in [2.45, 2.75) is 40.0 Å². The van der Waals surface area contributed by atoms with Gasteiger partial charge >= 0.3 is 0 Å². The van der Waals surface area contributed by atoms with Crippen LogP contribution in [0.25, 0.3) is 0 Å². The van der Waals surface area contributed by atoms with E-state index in [4.69, 9.17) is 11.6 Å². The average Bonchev–Trinajstić information content (AvgIpc) is 2.58. The highest BCUT2D eigenvalue weighted by atomic mass is 35.5. The Labute approximate surface area is 170 Å². The quantitative estimate of drug-likeness (QED) is 0.525. The maximum atomic E-state index is 6.24. The van der Waals surface area contributed by atoms with Gasteiger partial charge in [0.2, 0.25) is 0 Å². The molecule has 0 bridgehead atoms. The molecule has 0 fully saturated rings. The van der Waals surface area contributed by atoms with Gasteiger partial charge in [0.05, 0.1) is 0 Å². The molecule has 0 amide bonds. The van der Waals surface area contributed by atoms with Crippen molar-refractivity contribution in [3.63, 3.8) is 0 Å². The van der Waals surface area contributed by atoms with Crippen molar-refractivity contribution in [3.05, 3.63) is 59.1 Å². The third-order valence-corrected chi connectivity index (χ3v) is 4.93. The van der Waals surface area contributed by atoms with Crippen LogP contribution in [0, 0.1) is 0 Å². The summed E-state index contributed by atoms with van der Waals surface area (Å²) in [4.78, 5) is 4.80. The zero-order valence-electron chi connectivity index (χ0n) is 16.6. The number of benzene rings is 2. The molecule has 2 aromatic rings. The van der Waals surface area contributed by atoms with Crippen LogP contribution in [-0.4, -0.2) is 31.1 Å². The fraction of sp³-hybridized carbons (Fsp3) is 0.455. The van der Waals surface area contributed by atoms with E-state index >= 15 is 0 Å². The van der Waals surface area contributed by atoms with Crippen LogP contribution in [0.3, 0.4) is 0 Å². The SMILES string of the molecule is CCN(CC)CCN(c1ccc(C(C)(C)C)cc1)c1cccc(Cl)c1.Cl. The molecule has 144 valence electrons. The summed E-state index contributed by atoms with van der Waals surface area (Å²) in [5.41, 5.74) is 3.87. The van der Waals surface area contributed by atoms with E-state index in [0.717, 1.165) is 36.9 Å². The van der Waals surface area contributed by atoms with Gasteiger partial charge in [0, 0.05) is 29.5 Å². The molecule has 0 N–H and O–H groups in total. The lowest BCUT2D eigenvalue weighted by atomic mass is 9.87. The van der Waals surface area contributed by atoms with Crippen molar-refractivity contribution in [1.82, 2.24) is 4.90 Å². The summed E-state index contributed by atoms with van der Waals surface area (Å²) in [5.74, 6) is 0. The zero-order valence-corrected chi connectivity index (χ0v) is 18.2. The topological polar surface area (TPSA) is 6.48 Å². The van der Waals surface area contributed by atoms with Gasteiger partial charge < -0.3 is 9.80 Å². The molecule has 0 unspecified atom stereocenters. The van der Waals surface area contributed by atoms with Gasteiger partial charge in [-0.25, -0.2) is 0 Å². The molecular formula is C22H32Cl2N2. The van der Waals surface area contributed by atoms with Gasteiger partial charge in [-0.1, -0.05) is 64.4 Å². The molecule has 0 saturated heterocycles. The van der Waals surface area contributed by atoms with Crippen LogP contribution in [0.15, 0.2) is 48.5 Å². The second kappa shape index (κ2) is 10.2. The minimum atomic E-state index is 0. The maximum Gasteiger partial charge on any atom is 0.0426 e. The van der Waals surface area contributed by atoms with Gasteiger partial charge in [0.25, 0.3) is 0 Å². The minimum Gasteiger partial charge on any atom is -0.340 e. The van der Waals surface area contributed by atoms with Crippen LogP contribution in [0.1, 0.15) is 40.2 Å². The number of hydrogen-bond donors (Lipinski definition) is 0. The van der Waals surface area contributed by atoms with E-state index in [9.17, 15) is 0 Å². The summed E-state index contributed by atoms with van der Waals surface area (Å²) in [7, 11) is 0. The van der Waals surface area contributed by atoms with E-state index in [1.807, 2.05) is 18.2 Å². The Balaban J connectivity index is 0.00000338. The van der Waals surface area contributed by atoms with Crippen molar-refractivity contribution in [2.24, 2.45) is 0 Å². The van der Waals surface area contributed by atoms with Gasteiger partial charge in [0.1, 0.15) is 0 Å². The van der Waals surface area contributed by atoms with Crippen molar-refractivity contribution in [1.29, 1.82) is 0 Å². The Morgan fingerprint density at radius 3 is 1.96 bits per heavy atom. The largest absolute Gasteiger partial charge is 0.340 e. The Morgan fingerprint density at radius 1 is 0.846 bits per heavy atom. The third-order valence-electron chi connectivity index (χ3n) is 4.70. The van der Waals surface area contributed by atoms with Crippen molar-refractivity contribution < 1.29 is 0 Å². The lowest BCUT2D eigenvalue weighted by molar-refractivity contribution is 0.312. The number of anilines is 2. The molecule has 4 heteroatoms. The van der Waals surface area contributed by atoms with Crippen molar-refractivity contribution in [3.8, 4) is 0 Å². The first-order valence-corrected chi connectivity index (χ1v) is 9.59. The lowest BCUT2D eigenvalue weighted by Crippen LogP contribution is -2.32. The Bertz CT molecular complexity index is 659. The second-order valence-electron chi connectivity index (χ2n) is 7.46. The highest BCUT2D eigenvalue weighted by molar-refractivity contribution is 6.30. The summed E-state index contributed by atoms with van der Waals surface area (Å²) in [6.45, 7) is 15.3. The van der Waals surface area contributed by atoms with Crippen LogP contribution in [0.2, 0.25) is 5.02 Å². The summed E-state index contributed by atoms with van der Waals surface area (Å²) in [6, 6.07) is 17.1. The molecule has 0 aliphatic heterocycles. The maximum absolute atomic E-state index is 6.24. The molecule has 0 atom stereocenters. The Morgan fingerprint density at radius 2 is 1.46 bits per heavy atom. The summed E-state index contributed by atoms with van der Waals surface area (Å²) in [5, 5.41) is 0.775. The molecule has 0 saturated carbocycles. The monoisotopic (exact) mass is 394 g/mol. The fourth-order valence-corrected chi connectivity index (χ4v) is 3.16. The van der Waals surface area contributed by atoms with Gasteiger partial charge in [-0.15, -0.1) is 12.4 Å². The molecule has 0 aliphatic carbocycles. The van der Waals surface area contributed by atoms with Crippen LogP contribution in [0.4, 0.5) is 11.4 Å². The van der Waals surface area contributed by atoms with E-state index in [2.05, 4.69) is 74.8 Å². The van der Waals surface area contributed by atoms with Crippen molar-refractivity contribution >= 4 is 35.4 Å². The number of nitrogens with zero attached hydrogens (tertiary/aromatic N) is 2. The van der Waals surface area contributed by atoms with E-state index in [1.54, 1.807) is 0 Å². The molecule has 0 aromatic heterocycles. The second-order valence-corrected chi connectivity index (χ2v) is 7.89. The molecule has 0 heterocycles. The molecule has 2 rings (SSSR count). The molecule has 0 aliphatic rings. The lowest BCUT2D eigenvalue weighted by Gasteiger charge is -2.29. The smallest absolute Gasteiger partial charge is 0.0426 e. The molecule has 2 aromatic carbocycles. The molecule has 2 nitrogen and oxygen atoms in total. The van der Waals surface area contributed by atoms with Crippen LogP contribution >= 0.6 is 24.0 Å². The first kappa shape index (κ1) is 22.8. The van der Waals surface area contributed by atoms with Crippen LogP contribution < -0.4 is 4.90 Å².